The van der Waals surface area contributed by atoms with Crippen molar-refractivity contribution in [3.05, 3.63) is 65.7 Å². The molecule has 0 N–H and O–H groups in total. The van der Waals surface area contributed by atoms with Crippen LogP contribution in [0.3, 0.4) is 0 Å². The lowest BCUT2D eigenvalue weighted by Crippen LogP contribution is -2.37. The quantitative estimate of drug-likeness (QED) is 0.847. The maximum atomic E-state index is 11.8. The summed E-state index contributed by atoms with van der Waals surface area (Å²) in [5.74, 6) is 0.408. The Morgan fingerprint density at radius 3 is 2.55 bits per heavy atom. The molecule has 1 heterocycles. The van der Waals surface area contributed by atoms with Crippen LogP contribution in [-0.2, 0) is 17.8 Å². The molecule has 0 unspecified atom stereocenters. The lowest BCUT2D eigenvalue weighted by molar-refractivity contribution is -0.120. The van der Waals surface area contributed by atoms with Gasteiger partial charge in [0, 0.05) is 24.7 Å². The summed E-state index contributed by atoms with van der Waals surface area (Å²) >= 11 is 0. The second kappa shape index (κ2) is 5.49. The van der Waals surface area contributed by atoms with Gasteiger partial charge in [-0.15, -0.1) is 0 Å². The molecule has 2 aromatic carbocycles. The first-order chi connectivity index (χ1) is 9.74. The van der Waals surface area contributed by atoms with Gasteiger partial charge in [-0.3, -0.25) is 4.79 Å². The monoisotopic (exact) mass is 265 g/mol. The fourth-order valence-electron chi connectivity index (χ4n) is 2.91. The molecule has 0 amide bonds. The summed E-state index contributed by atoms with van der Waals surface area (Å²) in [5, 5.41) is 0. The first-order valence-electron chi connectivity index (χ1n) is 7.11. The lowest BCUT2D eigenvalue weighted by Gasteiger charge is -2.35. The maximum Gasteiger partial charge on any atom is 0.135 e. The van der Waals surface area contributed by atoms with E-state index in [1.165, 1.54) is 16.8 Å². The van der Waals surface area contributed by atoms with E-state index < -0.39 is 0 Å². The highest BCUT2D eigenvalue weighted by Gasteiger charge is 2.26. The van der Waals surface area contributed by atoms with Gasteiger partial charge in [0.15, 0.2) is 0 Å². The maximum absolute atomic E-state index is 11.8. The summed E-state index contributed by atoms with van der Waals surface area (Å²) in [4.78, 5) is 14.1. The van der Waals surface area contributed by atoms with Crippen LogP contribution in [0.25, 0.3) is 0 Å². The Labute approximate surface area is 120 Å². The smallest absolute Gasteiger partial charge is 0.135 e. The number of fused-ring (bicyclic) bond motifs is 1. The minimum atomic E-state index is 0.119. The molecule has 0 aliphatic carbocycles. The summed E-state index contributed by atoms with van der Waals surface area (Å²) < 4.78 is 0. The first kappa shape index (κ1) is 12.9. The Balaban J connectivity index is 1.91. The highest BCUT2D eigenvalue weighted by molar-refractivity contribution is 5.80. The first-order valence-corrected chi connectivity index (χ1v) is 7.11. The largest absolute Gasteiger partial charge is 0.366 e. The average Bonchev–Trinajstić information content (AvgIpc) is 2.48. The average molecular weight is 265 g/mol. The number of benzene rings is 2. The van der Waals surface area contributed by atoms with Crippen molar-refractivity contribution >= 4 is 11.5 Å². The fraction of sp³-hybridized carbons (Fsp3) is 0.278. The van der Waals surface area contributed by atoms with Crippen LogP contribution in [0, 0.1) is 5.92 Å². The summed E-state index contributed by atoms with van der Waals surface area (Å²) in [6.45, 7) is 3.39. The van der Waals surface area contributed by atoms with Gasteiger partial charge >= 0.3 is 0 Å². The van der Waals surface area contributed by atoms with Gasteiger partial charge in [-0.2, -0.15) is 0 Å². The van der Waals surface area contributed by atoms with Gasteiger partial charge in [0.2, 0.25) is 0 Å². The van der Waals surface area contributed by atoms with Crippen LogP contribution in [0.2, 0.25) is 0 Å². The Morgan fingerprint density at radius 2 is 1.80 bits per heavy atom. The zero-order valence-corrected chi connectivity index (χ0v) is 11.8. The second-order valence-electron chi connectivity index (χ2n) is 5.51. The van der Waals surface area contributed by atoms with Gasteiger partial charge in [0.05, 0.1) is 0 Å². The third kappa shape index (κ3) is 2.60. The molecule has 0 spiro atoms. The molecule has 0 saturated carbocycles. The molecular formula is C18H19NO. The van der Waals surface area contributed by atoms with Crippen molar-refractivity contribution in [2.75, 3.05) is 11.4 Å². The number of anilines is 1. The molecule has 102 valence electrons. The summed E-state index contributed by atoms with van der Waals surface area (Å²) in [5.41, 5.74) is 3.84. The SMILES string of the molecule is CC(=O)[C@@H]1Cc2ccccc2N(Cc2ccccc2)C1. The zero-order chi connectivity index (χ0) is 13.9. The summed E-state index contributed by atoms with van der Waals surface area (Å²) in [7, 11) is 0. The van der Waals surface area contributed by atoms with Crippen molar-refractivity contribution in [2.24, 2.45) is 5.92 Å². The van der Waals surface area contributed by atoms with Crippen molar-refractivity contribution in [1.82, 2.24) is 0 Å². The van der Waals surface area contributed by atoms with Crippen LogP contribution in [-0.4, -0.2) is 12.3 Å². The van der Waals surface area contributed by atoms with Gasteiger partial charge in [-0.25, -0.2) is 0 Å². The Bertz CT molecular complexity index is 606. The van der Waals surface area contributed by atoms with Crippen LogP contribution in [0.1, 0.15) is 18.1 Å². The van der Waals surface area contributed by atoms with E-state index in [1.807, 2.05) is 6.07 Å². The highest BCUT2D eigenvalue weighted by Crippen LogP contribution is 2.31. The molecule has 0 fully saturated rings. The van der Waals surface area contributed by atoms with Crippen LogP contribution >= 0.6 is 0 Å². The van der Waals surface area contributed by atoms with Crippen molar-refractivity contribution in [3.63, 3.8) is 0 Å². The summed E-state index contributed by atoms with van der Waals surface area (Å²) in [6.07, 6.45) is 0.872. The predicted octanol–water partition coefficient (Wildman–Crippen LogP) is 3.45. The number of carbonyl (C=O) groups excluding carboxylic acids is 1. The number of nitrogens with zero attached hydrogens (tertiary/aromatic N) is 1. The van der Waals surface area contributed by atoms with Crippen molar-refractivity contribution in [1.29, 1.82) is 0 Å². The van der Waals surface area contributed by atoms with E-state index in [9.17, 15) is 4.79 Å². The molecule has 2 aromatic rings. The lowest BCUT2D eigenvalue weighted by atomic mass is 9.89. The Hall–Kier alpha value is -2.09. The van der Waals surface area contributed by atoms with E-state index >= 15 is 0 Å². The molecule has 3 rings (SSSR count). The third-order valence-corrected chi connectivity index (χ3v) is 4.03. The van der Waals surface area contributed by atoms with E-state index in [0.717, 1.165) is 19.5 Å². The van der Waals surface area contributed by atoms with Crippen LogP contribution in [0.4, 0.5) is 5.69 Å². The molecular weight excluding hydrogens is 246 g/mol. The van der Waals surface area contributed by atoms with Gasteiger partial charge in [-0.05, 0) is 30.5 Å². The van der Waals surface area contributed by atoms with Crippen molar-refractivity contribution in [3.8, 4) is 0 Å². The fourth-order valence-corrected chi connectivity index (χ4v) is 2.91. The van der Waals surface area contributed by atoms with E-state index in [1.54, 1.807) is 6.92 Å². The molecule has 0 saturated heterocycles. The molecule has 0 radical (unpaired) electrons. The third-order valence-electron chi connectivity index (χ3n) is 4.03. The standard InChI is InChI=1S/C18H19NO/c1-14(20)17-11-16-9-5-6-10-18(16)19(13-17)12-15-7-3-2-4-8-15/h2-10,17H,11-13H2,1H3/t17-/m1/s1. The molecule has 20 heavy (non-hydrogen) atoms. The molecule has 2 heteroatoms. The van der Waals surface area contributed by atoms with Gasteiger partial charge in [0.1, 0.15) is 5.78 Å². The van der Waals surface area contributed by atoms with Gasteiger partial charge < -0.3 is 4.90 Å². The summed E-state index contributed by atoms with van der Waals surface area (Å²) in [6, 6.07) is 18.9. The molecule has 1 atom stereocenters. The Kier molecular flexibility index (Phi) is 3.55. The minimum absolute atomic E-state index is 0.119. The van der Waals surface area contributed by atoms with Gasteiger partial charge in [-0.1, -0.05) is 48.5 Å². The second-order valence-corrected chi connectivity index (χ2v) is 5.51. The number of hydrogen-bond acceptors (Lipinski definition) is 2. The number of Topliss-reactive ketones (excluding diaryl/α,β-unsaturated/α-hetero) is 1. The number of hydrogen-bond donors (Lipinski definition) is 0. The van der Waals surface area contributed by atoms with E-state index in [4.69, 9.17) is 0 Å². The Morgan fingerprint density at radius 1 is 1.10 bits per heavy atom. The van der Waals surface area contributed by atoms with Crippen LogP contribution in [0.15, 0.2) is 54.6 Å². The van der Waals surface area contributed by atoms with E-state index in [-0.39, 0.29) is 11.7 Å². The molecule has 2 nitrogen and oxygen atoms in total. The minimum Gasteiger partial charge on any atom is -0.366 e. The van der Waals surface area contributed by atoms with Crippen molar-refractivity contribution < 1.29 is 4.79 Å². The molecule has 1 aliphatic rings. The predicted molar refractivity (Wildman–Crippen MR) is 81.8 cm³/mol. The molecule has 0 bridgehead atoms. The van der Waals surface area contributed by atoms with Crippen LogP contribution in [0.5, 0.6) is 0 Å². The number of rotatable bonds is 3. The van der Waals surface area contributed by atoms with E-state index in [2.05, 4.69) is 53.4 Å². The normalized spacial score (nSPS) is 17.6. The molecule has 0 aromatic heterocycles. The number of carbonyl (C=O) groups is 1. The van der Waals surface area contributed by atoms with Crippen LogP contribution < -0.4 is 4.90 Å². The van der Waals surface area contributed by atoms with Gasteiger partial charge in [0.25, 0.3) is 0 Å². The molecule has 1 aliphatic heterocycles. The number of ketones is 1. The van der Waals surface area contributed by atoms with Crippen molar-refractivity contribution in [2.45, 2.75) is 19.9 Å². The topological polar surface area (TPSA) is 20.3 Å². The van der Waals surface area contributed by atoms with E-state index in [0.29, 0.717) is 0 Å². The zero-order valence-electron chi connectivity index (χ0n) is 11.8. The highest BCUT2D eigenvalue weighted by atomic mass is 16.1. The number of para-hydroxylation sites is 1.